The average molecular weight is 429 g/mol. The van der Waals surface area contributed by atoms with Crippen LogP contribution in [0.3, 0.4) is 0 Å². The van der Waals surface area contributed by atoms with Gasteiger partial charge in [0.1, 0.15) is 5.65 Å². The Morgan fingerprint density at radius 3 is 2.84 bits per heavy atom. The molecule has 3 aromatic heterocycles. The van der Waals surface area contributed by atoms with E-state index in [4.69, 9.17) is 4.98 Å². The van der Waals surface area contributed by atoms with Gasteiger partial charge >= 0.3 is 0 Å². The van der Waals surface area contributed by atoms with Crippen LogP contribution < -0.4 is 5.32 Å². The van der Waals surface area contributed by atoms with E-state index in [-0.39, 0.29) is 5.91 Å². The smallest absolute Gasteiger partial charge is 0.255 e. The number of aryl methyl sites for hydroxylation is 1. The summed E-state index contributed by atoms with van der Waals surface area (Å²) in [4.78, 5) is 20.3. The quantitative estimate of drug-likeness (QED) is 0.525. The molecule has 4 heterocycles. The fraction of sp³-hybridized carbons (Fsp3) is 0.400. The Morgan fingerprint density at radius 2 is 1.97 bits per heavy atom. The molecule has 6 rings (SSSR count). The molecule has 2 fully saturated rings. The van der Waals surface area contributed by atoms with E-state index in [9.17, 15) is 4.79 Å². The van der Waals surface area contributed by atoms with E-state index in [1.54, 1.807) is 10.9 Å². The molecule has 0 radical (unpaired) electrons. The first-order valence-corrected chi connectivity index (χ1v) is 11.5. The second-order valence-electron chi connectivity index (χ2n) is 9.37. The van der Waals surface area contributed by atoms with Crippen LogP contribution in [0.25, 0.3) is 16.6 Å². The second-order valence-corrected chi connectivity index (χ2v) is 9.37. The summed E-state index contributed by atoms with van der Waals surface area (Å²) in [5.41, 5.74) is 4.43. The Hall–Kier alpha value is -3.19. The topological polar surface area (TPSA) is 67.5 Å². The van der Waals surface area contributed by atoms with E-state index in [1.165, 1.54) is 32.1 Å². The Balaban J connectivity index is 1.23. The SMILES string of the molecule is CN1C2CCCCC2C[C@@H]1c1cn2cc(NC(=O)c3ccc4c(cnn4C)c3)ccc2n1. The van der Waals surface area contributed by atoms with Gasteiger partial charge in [0.2, 0.25) is 0 Å². The Bertz CT molecular complexity index is 1320. The van der Waals surface area contributed by atoms with Crippen LogP contribution in [0.15, 0.2) is 48.9 Å². The predicted octanol–water partition coefficient (Wildman–Crippen LogP) is 4.41. The molecule has 1 saturated carbocycles. The summed E-state index contributed by atoms with van der Waals surface area (Å²) in [6, 6.07) is 10.6. The van der Waals surface area contributed by atoms with Gasteiger partial charge in [-0.15, -0.1) is 0 Å². The zero-order valence-corrected chi connectivity index (χ0v) is 18.5. The van der Waals surface area contributed by atoms with Crippen molar-refractivity contribution < 1.29 is 4.79 Å². The van der Waals surface area contributed by atoms with Gasteiger partial charge < -0.3 is 9.72 Å². The minimum atomic E-state index is -0.130. The van der Waals surface area contributed by atoms with Crippen molar-refractivity contribution in [3.63, 3.8) is 0 Å². The molecule has 7 nitrogen and oxygen atoms in total. The number of pyridine rings is 1. The van der Waals surface area contributed by atoms with Crippen LogP contribution in [-0.4, -0.2) is 43.1 Å². The van der Waals surface area contributed by atoms with Gasteiger partial charge in [-0.1, -0.05) is 12.8 Å². The molecular weight excluding hydrogens is 400 g/mol. The molecule has 2 unspecified atom stereocenters. The van der Waals surface area contributed by atoms with Crippen molar-refractivity contribution in [2.24, 2.45) is 13.0 Å². The normalized spacial score (nSPS) is 23.6. The Morgan fingerprint density at radius 1 is 1.09 bits per heavy atom. The number of carbonyl (C=O) groups excluding carboxylic acids is 1. The third-order valence-electron chi connectivity index (χ3n) is 7.49. The van der Waals surface area contributed by atoms with Gasteiger partial charge in [0, 0.05) is 36.4 Å². The van der Waals surface area contributed by atoms with Crippen molar-refractivity contribution in [1.29, 1.82) is 0 Å². The van der Waals surface area contributed by atoms with E-state index in [0.29, 0.717) is 17.6 Å². The van der Waals surface area contributed by atoms with Crippen molar-refractivity contribution in [2.45, 2.75) is 44.2 Å². The van der Waals surface area contributed by atoms with Crippen molar-refractivity contribution in [3.8, 4) is 0 Å². The van der Waals surface area contributed by atoms with Crippen LogP contribution >= 0.6 is 0 Å². The molecule has 3 atom stereocenters. The minimum absolute atomic E-state index is 0.130. The first-order valence-electron chi connectivity index (χ1n) is 11.5. The van der Waals surface area contributed by atoms with Crippen LogP contribution in [0.4, 0.5) is 5.69 Å². The maximum atomic E-state index is 12.8. The number of nitrogens with one attached hydrogen (secondary N) is 1. The largest absolute Gasteiger partial charge is 0.321 e. The molecule has 164 valence electrons. The van der Waals surface area contributed by atoms with Gasteiger partial charge in [-0.3, -0.25) is 14.4 Å². The van der Waals surface area contributed by atoms with Crippen molar-refractivity contribution >= 4 is 28.1 Å². The van der Waals surface area contributed by atoms with Gasteiger partial charge in [0.05, 0.1) is 29.1 Å². The predicted molar refractivity (Wildman–Crippen MR) is 125 cm³/mol. The number of benzene rings is 1. The van der Waals surface area contributed by atoms with E-state index in [1.807, 2.05) is 48.0 Å². The molecule has 1 amide bonds. The van der Waals surface area contributed by atoms with Crippen LogP contribution in [0.5, 0.6) is 0 Å². The third-order valence-corrected chi connectivity index (χ3v) is 7.49. The number of aromatic nitrogens is 4. The summed E-state index contributed by atoms with van der Waals surface area (Å²) in [6.45, 7) is 0. The highest BCUT2D eigenvalue weighted by atomic mass is 16.1. The lowest BCUT2D eigenvalue weighted by atomic mass is 9.84. The van der Waals surface area contributed by atoms with E-state index in [2.05, 4.69) is 28.6 Å². The second kappa shape index (κ2) is 7.45. The van der Waals surface area contributed by atoms with E-state index in [0.717, 1.165) is 33.8 Å². The Kier molecular flexibility index (Phi) is 4.54. The molecule has 1 aliphatic heterocycles. The van der Waals surface area contributed by atoms with Gasteiger partial charge in [0.15, 0.2) is 0 Å². The molecule has 0 bridgehead atoms. The van der Waals surface area contributed by atoms with E-state index >= 15 is 0 Å². The van der Waals surface area contributed by atoms with Gasteiger partial charge in [-0.25, -0.2) is 4.98 Å². The zero-order valence-electron chi connectivity index (χ0n) is 18.5. The number of carbonyl (C=O) groups is 1. The number of anilines is 1. The number of imidazole rings is 1. The standard InChI is InChI=1S/C25H28N6O/c1-29-21-6-4-3-5-16(21)12-23(29)20-15-31-14-19(8-10-24(31)28-20)27-25(32)17-7-9-22-18(11-17)13-26-30(22)2/h7-11,13-16,21,23H,3-6,12H2,1-2H3,(H,27,32)/t16?,21?,23-/m1/s1. The molecular formula is C25H28N6O. The number of rotatable bonds is 3. The summed E-state index contributed by atoms with van der Waals surface area (Å²) in [5, 5.41) is 8.23. The number of nitrogens with zero attached hydrogens (tertiary/aromatic N) is 5. The monoisotopic (exact) mass is 428 g/mol. The highest BCUT2D eigenvalue weighted by molar-refractivity contribution is 6.06. The lowest BCUT2D eigenvalue weighted by molar-refractivity contribution is 0.102. The summed E-state index contributed by atoms with van der Waals surface area (Å²) < 4.78 is 3.84. The Labute approximate surface area is 187 Å². The van der Waals surface area contributed by atoms with Gasteiger partial charge in [-0.05, 0) is 62.6 Å². The summed E-state index contributed by atoms with van der Waals surface area (Å²) in [6.07, 6.45) is 12.4. The number of hydrogen-bond donors (Lipinski definition) is 1. The number of hydrogen-bond acceptors (Lipinski definition) is 4. The summed E-state index contributed by atoms with van der Waals surface area (Å²) >= 11 is 0. The third kappa shape index (κ3) is 3.19. The first-order chi connectivity index (χ1) is 15.6. The molecule has 1 aliphatic carbocycles. The van der Waals surface area contributed by atoms with Crippen LogP contribution in [0.1, 0.15) is 54.2 Å². The van der Waals surface area contributed by atoms with Crippen molar-refractivity contribution in [2.75, 3.05) is 12.4 Å². The van der Waals surface area contributed by atoms with E-state index < -0.39 is 0 Å². The minimum Gasteiger partial charge on any atom is -0.321 e. The molecule has 1 saturated heterocycles. The van der Waals surface area contributed by atoms with Crippen molar-refractivity contribution in [1.82, 2.24) is 24.1 Å². The first kappa shape index (κ1) is 19.5. The fourth-order valence-corrected chi connectivity index (χ4v) is 5.77. The zero-order chi connectivity index (χ0) is 21.8. The lowest BCUT2D eigenvalue weighted by Crippen LogP contribution is -2.32. The van der Waals surface area contributed by atoms with Crippen LogP contribution in [-0.2, 0) is 7.05 Å². The van der Waals surface area contributed by atoms with Gasteiger partial charge in [-0.2, -0.15) is 5.10 Å². The summed E-state index contributed by atoms with van der Waals surface area (Å²) in [5.74, 6) is 0.672. The van der Waals surface area contributed by atoms with Crippen molar-refractivity contribution in [3.05, 3.63) is 60.2 Å². The molecule has 7 heteroatoms. The molecule has 2 aliphatic rings. The summed E-state index contributed by atoms with van der Waals surface area (Å²) in [7, 11) is 4.16. The molecule has 1 N–H and O–H groups in total. The van der Waals surface area contributed by atoms with Crippen LogP contribution in [0.2, 0.25) is 0 Å². The maximum absolute atomic E-state index is 12.8. The highest BCUT2D eigenvalue weighted by Gasteiger charge is 2.41. The number of amides is 1. The molecule has 4 aromatic rings. The molecule has 32 heavy (non-hydrogen) atoms. The fourth-order valence-electron chi connectivity index (χ4n) is 5.77. The number of fused-ring (bicyclic) bond motifs is 3. The lowest BCUT2D eigenvalue weighted by Gasteiger charge is -2.30. The maximum Gasteiger partial charge on any atom is 0.255 e. The molecule has 1 aromatic carbocycles. The molecule has 0 spiro atoms. The average Bonchev–Trinajstić information content (AvgIpc) is 3.49. The van der Waals surface area contributed by atoms with Gasteiger partial charge in [0.25, 0.3) is 5.91 Å². The highest BCUT2D eigenvalue weighted by Crippen LogP contribution is 2.44. The van der Waals surface area contributed by atoms with Crippen LogP contribution in [0, 0.1) is 5.92 Å². The number of likely N-dealkylation sites (tertiary alicyclic amines) is 1.